The average molecular weight is 328 g/mol. The van der Waals surface area contributed by atoms with E-state index in [9.17, 15) is 0 Å². The number of nitriles is 1. The van der Waals surface area contributed by atoms with Gasteiger partial charge in [0.05, 0.1) is 40.4 Å². The third-order valence-electron chi connectivity index (χ3n) is 2.98. The average Bonchev–Trinajstić information content (AvgIpc) is 2.88. The molecule has 5 nitrogen and oxygen atoms in total. The van der Waals surface area contributed by atoms with Crippen LogP contribution in [0.3, 0.4) is 0 Å². The zero-order valence-electron chi connectivity index (χ0n) is 10.3. The van der Waals surface area contributed by atoms with Crippen molar-refractivity contribution in [1.82, 2.24) is 10.2 Å². The molecule has 0 atom stereocenters. The molecule has 0 spiro atoms. The van der Waals surface area contributed by atoms with Crippen LogP contribution in [0, 0.1) is 11.3 Å². The van der Waals surface area contributed by atoms with Crippen LogP contribution in [0.15, 0.2) is 41.0 Å². The molecule has 0 saturated heterocycles. The van der Waals surface area contributed by atoms with Crippen LogP contribution in [0.2, 0.25) is 0 Å². The Labute approximate surface area is 123 Å². The van der Waals surface area contributed by atoms with Crippen molar-refractivity contribution in [2.24, 2.45) is 0 Å². The van der Waals surface area contributed by atoms with Gasteiger partial charge in [0, 0.05) is 9.86 Å². The van der Waals surface area contributed by atoms with Crippen LogP contribution in [0.4, 0.5) is 17.1 Å². The molecule has 20 heavy (non-hydrogen) atoms. The zero-order valence-corrected chi connectivity index (χ0v) is 11.9. The molecular formula is C14H10BrN5. The van der Waals surface area contributed by atoms with E-state index in [1.165, 1.54) is 0 Å². The summed E-state index contributed by atoms with van der Waals surface area (Å²) < 4.78 is 0.806. The molecule has 0 aliphatic carbocycles. The van der Waals surface area contributed by atoms with Gasteiger partial charge >= 0.3 is 0 Å². The van der Waals surface area contributed by atoms with Crippen molar-refractivity contribution in [1.29, 1.82) is 5.26 Å². The summed E-state index contributed by atoms with van der Waals surface area (Å²) in [6.07, 6.45) is 1.73. The van der Waals surface area contributed by atoms with Gasteiger partial charge in [0.25, 0.3) is 0 Å². The summed E-state index contributed by atoms with van der Waals surface area (Å²) in [6.45, 7) is 0. The van der Waals surface area contributed by atoms with Gasteiger partial charge in [-0.3, -0.25) is 5.10 Å². The molecule has 1 heterocycles. The second-order valence-electron chi connectivity index (χ2n) is 4.33. The Balaban J connectivity index is 2.00. The molecule has 2 aromatic carbocycles. The van der Waals surface area contributed by atoms with Crippen molar-refractivity contribution in [2.45, 2.75) is 0 Å². The molecule has 0 amide bonds. The Morgan fingerprint density at radius 1 is 1.25 bits per heavy atom. The SMILES string of the molecule is N#Cc1ccc(Nc2cc3[nH]ncc3cc2N)c(Br)c1. The van der Waals surface area contributed by atoms with Crippen molar-refractivity contribution in [3.8, 4) is 6.07 Å². The molecular weight excluding hydrogens is 318 g/mol. The van der Waals surface area contributed by atoms with Crippen molar-refractivity contribution in [2.75, 3.05) is 11.1 Å². The normalized spacial score (nSPS) is 10.4. The van der Waals surface area contributed by atoms with Crippen LogP contribution >= 0.6 is 15.9 Å². The van der Waals surface area contributed by atoms with Crippen LogP contribution in [-0.2, 0) is 0 Å². The van der Waals surface area contributed by atoms with Crippen LogP contribution in [0.1, 0.15) is 5.56 Å². The number of nitrogens with one attached hydrogen (secondary N) is 2. The highest BCUT2D eigenvalue weighted by atomic mass is 79.9. The lowest BCUT2D eigenvalue weighted by atomic mass is 10.2. The monoisotopic (exact) mass is 327 g/mol. The highest BCUT2D eigenvalue weighted by Gasteiger charge is 2.07. The minimum atomic E-state index is 0.597. The maximum Gasteiger partial charge on any atom is 0.0992 e. The second-order valence-corrected chi connectivity index (χ2v) is 5.18. The summed E-state index contributed by atoms with van der Waals surface area (Å²) in [7, 11) is 0. The molecule has 0 fully saturated rings. The predicted molar refractivity (Wildman–Crippen MR) is 82.6 cm³/mol. The molecule has 3 aromatic rings. The highest BCUT2D eigenvalue weighted by Crippen LogP contribution is 2.31. The number of hydrogen-bond acceptors (Lipinski definition) is 4. The number of nitrogen functional groups attached to an aromatic ring is 1. The Bertz CT molecular complexity index is 831. The number of halogens is 1. The van der Waals surface area contributed by atoms with Crippen molar-refractivity contribution in [3.05, 3.63) is 46.6 Å². The van der Waals surface area contributed by atoms with E-state index in [1.54, 1.807) is 18.3 Å². The van der Waals surface area contributed by atoms with E-state index in [1.807, 2.05) is 18.2 Å². The molecule has 98 valence electrons. The molecule has 0 unspecified atom stereocenters. The number of benzene rings is 2. The maximum absolute atomic E-state index is 8.86. The fraction of sp³-hybridized carbons (Fsp3) is 0. The Morgan fingerprint density at radius 2 is 2.10 bits per heavy atom. The highest BCUT2D eigenvalue weighted by molar-refractivity contribution is 9.10. The summed E-state index contributed by atoms with van der Waals surface area (Å²) in [5, 5.41) is 20.0. The van der Waals surface area contributed by atoms with Gasteiger partial charge in [-0.25, -0.2) is 0 Å². The van der Waals surface area contributed by atoms with Crippen LogP contribution in [0.25, 0.3) is 10.9 Å². The number of aromatic amines is 1. The summed E-state index contributed by atoms with van der Waals surface area (Å²) in [6, 6.07) is 11.2. The number of aromatic nitrogens is 2. The van der Waals surface area contributed by atoms with Gasteiger partial charge in [0.15, 0.2) is 0 Å². The van der Waals surface area contributed by atoms with E-state index in [4.69, 9.17) is 11.0 Å². The van der Waals surface area contributed by atoms with Crippen LogP contribution in [-0.4, -0.2) is 10.2 Å². The first-order valence-electron chi connectivity index (χ1n) is 5.86. The van der Waals surface area contributed by atoms with Crippen molar-refractivity contribution < 1.29 is 0 Å². The molecule has 4 N–H and O–H groups in total. The van der Waals surface area contributed by atoms with Gasteiger partial charge in [0.2, 0.25) is 0 Å². The minimum Gasteiger partial charge on any atom is -0.397 e. The third-order valence-corrected chi connectivity index (χ3v) is 3.63. The first-order valence-corrected chi connectivity index (χ1v) is 6.66. The largest absolute Gasteiger partial charge is 0.397 e. The van der Waals surface area contributed by atoms with Crippen LogP contribution < -0.4 is 11.1 Å². The fourth-order valence-corrected chi connectivity index (χ4v) is 2.43. The number of fused-ring (bicyclic) bond motifs is 1. The molecule has 0 radical (unpaired) electrons. The lowest BCUT2D eigenvalue weighted by Crippen LogP contribution is -1.97. The smallest absolute Gasteiger partial charge is 0.0992 e. The van der Waals surface area contributed by atoms with Gasteiger partial charge in [-0.1, -0.05) is 0 Å². The summed E-state index contributed by atoms with van der Waals surface area (Å²) in [5.74, 6) is 0. The van der Waals surface area contributed by atoms with E-state index >= 15 is 0 Å². The van der Waals surface area contributed by atoms with Crippen molar-refractivity contribution in [3.63, 3.8) is 0 Å². The Hall–Kier alpha value is -2.52. The first-order chi connectivity index (χ1) is 9.67. The van der Waals surface area contributed by atoms with Gasteiger partial charge in [0.1, 0.15) is 0 Å². The number of hydrogen-bond donors (Lipinski definition) is 3. The summed E-state index contributed by atoms with van der Waals surface area (Å²) in [5.41, 5.74) is 9.79. The maximum atomic E-state index is 8.86. The van der Waals surface area contributed by atoms with Gasteiger partial charge in [-0.2, -0.15) is 10.4 Å². The molecule has 0 saturated carbocycles. The predicted octanol–water partition coefficient (Wildman–Crippen LogP) is 3.52. The topological polar surface area (TPSA) is 90.5 Å². The van der Waals surface area contributed by atoms with E-state index < -0.39 is 0 Å². The first kappa shape index (κ1) is 12.5. The Kier molecular flexibility index (Phi) is 3.05. The molecule has 3 rings (SSSR count). The summed E-state index contributed by atoms with van der Waals surface area (Å²) in [4.78, 5) is 0. The van der Waals surface area contributed by atoms with Gasteiger partial charge in [-0.05, 0) is 46.3 Å². The third kappa shape index (κ3) is 2.19. The van der Waals surface area contributed by atoms with Gasteiger partial charge < -0.3 is 11.1 Å². The quantitative estimate of drug-likeness (QED) is 0.628. The van der Waals surface area contributed by atoms with E-state index in [0.29, 0.717) is 11.3 Å². The van der Waals surface area contributed by atoms with Crippen LogP contribution in [0.5, 0.6) is 0 Å². The lowest BCUT2D eigenvalue weighted by molar-refractivity contribution is 1.12. The van der Waals surface area contributed by atoms with E-state index in [0.717, 1.165) is 26.8 Å². The van der Waals surface area contributed by atoms with Gasteiger partial charge in [-0.15, -0.1) is 0 Å². The second kappa shape index (κ2) is 4.87. The minimum absolute atomic E-state index is 0.597. The summed E-state index contributed by atoms with van der Waals surface area (Å²) >= 11 is 3.44. The number of nitrogens with zero attached hydrogens (tertiary/aromatic N) is 2. The number of anilines is 3. The number of nitrogens with two attached hydrogens (primary N) is 1. The molecule has 1 aromatic heterocycles. The number of rotatable bonds is 2. The molecule has 6 heteroatoms. The van der Waals surface area contributed by atoms with E-state index in [-0.39, 0.29) is 0 Å². The lowest BCUT2D eigenvalue weighted by Gasteiger charge is -2.11. The molecule has 0 bridgehead atoms. The molecule has 0 aliphatic heterocycles. The van der Waals surface area contributed by atoms with E-state index in [2.05, 4.69) is 37.5 Å². The fourth-order valence-electron chi connectivity index (χ4n) is 1.95. The molecule has 0 aliphatic rings. The van der Waals surface area contributed by atoms with Crippen molar-refractivity contribution >= 4 is 43.9 Å². The zero-order chi connectivity index (χ0) is 14.1. The Morgan fingerprint density at radius 3 is 2.85 bits per heavy atom. The number of H-pyrrole nitrogens is 1. The standard InChI is InChI=1S/C14H10BrN5/c15-10-3-8(6-16)1-2-12(10)19-14-5-13-9(4-11(14)17)7-18-20-13/h1-5,7,19H,17H2,(H,18,20).